The van der Waals surface area contributed by atoms with Gasteiger partial charge in [0.15, 0.2) is 0 Å². The Kier molecular flexibility index (Phi) is 4.16. The Balaban J connectivity index is 1.88. The average molecular weight is 275 g/mol. The van der Waals surface area contributed by atoms with Crippen molar-refractivity contribution in [3.8, 4) is 0 Å². The van der Waals surface area contributed by atoms with Crippen molar-refractivity contribution in [2.45, 2.75) is 27.3 Å². The number of carbonyl (C=O) groups is 1. The molecule has 1 aromatic carbocycles. The zero-order valence-corrected chi connectivity index (χ0v) is 12.1. The smallest absolute Gasteiger partial charge is 0.319 e. The minimum absolute atomic E-state index is 0.200. The van der Waals surface area contributed by atoms with Crippen molar-refractivity contribution in [2.24, 2.45) is 0 Å². The van der Waals surface area contributed by atoms with Gasteiger partial charge in [-0.05, 0) is 44.0 Å². The van der Waals surface area contributed by atoms with Crippen LogP contribution in [-0.4, -0.2) is 11.0 Å². The summed E-state index contributed by atoms with van der Waals surface area (Å²) >= 11 is 1.59. The number of nitrogens with zero attached hydrogens (tertiary/aromatic N) is 1. The van der Waals surface area contributed by atoms with Crippen molar-refractivity contribution in [3.05, 3.63) is 45.4 Å². The Labute approximate surface area is 116 Å². The first kappa shape index (κ1) is 13.5. The van der Waals surface area contributed by atoms with Crippen LogP contribution in [0.25, 0.3) is 0 Å². The van der Waals surface area contributed by atoms with Crippen LogP contribution >= 0.6 is 11.3 Å². The highest BCUT2D eigenvalue weighted by atomic mass is 32.1. The van der Waals surface area contributed by atoms with E-state index < -0.39 is 0 Å². The summed E-state index contributed by atoms with van der Waals surface area (Å²) < 4.78 is 0. The van der Waals surface area contributed by atoms with Crippen LogP contribution in [0.5, 0.6) is 0 Å². The molecule has 0 saturated carbocycles. The van der Waals surface area contributed by atoms with E-state index in [-0.39, 0.29) is 6.03 Å². The molecular weight excluding hydrogens is 258 g/mol. The van der Waals surface area contributed by atoms with Gasteiger partial charge in [0.2, 0.25) is 0 Å². The summed E-state index contributed by atoms with van der Waals surface area (Å²) in [6.07, 6.45) is 1.79. The van der Waals surface area contributed by atoms with Crippen molar-refractivity contribution in [2.75, 3.05) is 5.32 Å². The van der Waals surface area contributed by atoms with Gasteiger partial charge in [0.05, 0.1) is 11.6 Å². The second-order valence-corrected chi connectivity index (χ2v) is 5.77. The Hall–Kier alpha value is -1.88. The Morgan fingerprint density at radius 2 is 2.05 bits per heavy atom. The molecule has 100 valence electrons. The van der Waals surface area contributed by atoms with Crippen molar-refractivity contribution in [1.82, 2.24) is 10.3 Å². The number of amides is 2. The summed E-state index contributed by atoms with van der Waals surface area (Å²) in [5, 5.41) is 6.64. The summed E-state index contributed by atoms with van der Waals surface area (Å²) in [7, 11) is 0. The minimum atomic E-state index is -0.200. The summed E-state index contributed by atoms with van der Waals surface area (Å²) in [5.41, 5.74) is 3.18. The van der Waals surface area contributed by atoms with Crippen LogP contribution in [0.1, 0.15) is 21.0 Å². The lowest BCUT2D eigenvalue weighted by Crippen LogP contribution is -2.27. The fourth-order valence-corrected chi connectivity index (χ4v) is 2.38. The third-order valence-corrected chi connectivity index (χ3v) is 3.77. The van der Waals surface area contributed by atoms with Crippen LogP contribution < -0.4 is 10.6 Å². The number of carbonyl (C=O) groups excluding carboxylic acids is 1. The summed E-state index contributed by atoms with van der Waals surface area (Å²) in [6, 6.07) is 5.66. The van der Waals surface area contributed by atoms with Crippen LogP contribution in [-0.2, 0) is 6.54 Å². The Morgan fingerprint density at radius 1 is 1.26 bits per heavy atom. The SMILES string of the molecule is Cc1ncc(CNC(=O)Nc2ccc(C)c(C)c2)s1. The lowest BCUT2D eigenvalue weighted by Gasteiger charge is -2.08. The quantitative estimate of drug-likeness (QED) is 0.902. The topological polar surface area (TPSA) is 54.0 Å². The number of anilines is 1. The number of thiazole rings is 1. The second kappa shape index (κ2) is 5.84. The van der Waals surface area contributed by atoms with Crippen LogP contribution in [0, 0.1) is 20.8 Å². The number of rotatable bonds is 3. The van der Waals surface area contributed by atoms with Gasteiger partial charge >= 0.3 is 6.03 Å². The van der Waals surface area contributed by atoms with E-state index in [2.05, 4.69) is 15.6 Å². The highest BCUT2D eigenvalue weighted by molar-refractivity contribution is 7.11. The van der Waals surface area contributed by atoms with Gasteiger partial charge in [-0.1, -0.05) is 6.07 Å². The first-order valence-corrected chi connectivity index (χ1v) is 6.89. The van der Waals surface area contributed by atoms with Gasteiger partial charge in [0.1, 0.15) is 0 Å². The van der Waals surface area contributed by atoms with Crippen molar-refractivity contribution < 1.29 is 4.79 Å². The molecule has 0 aliphatic heterocycles. The van der Waals surface area contributed by atoms with Gasteiger partial charge < -0.3 is 10.6 Å². The number of hydrogen-bond donors (Lipinski definition) is 2. The highest BCUT2D eigenvalue weighted by Gasteiger charge is 2.04. The predicted molar refractivity (Wildman–Crippen MR) is 78.6 cm³/mol. The molecule has 2 N–H and O–H groups in total. The maximum absolute atomic E-state index is 11.8. The van der Waals surface area contributed by atoms with Crippen LogP contribution in [0.15, 0.2) is 24.4 Å². The largest absolute Gasteiger partial charge is 0.333 e. The molecule has 0 fully saturated rings. The molecule has 0 spiro atoms. The molecule has 19 heavy (non-hydrogen) atoms. The molecule has 2 amide bonds. The van der Waals surface area contributed by atoms with E-state index >= 15 is 0 Å². The number of hydrogen-bond acceptors (Lipinski definition) is 3. The zero-order valence-electron chi connectivity index (χ0n) is 11.3. The number of nitrogens with one attached hydrogen (secondary N) is 2. The molecule has 2 rings (SSSR count). The molecular formula is C14H17N3OS. The molecule has 0 aliphatic carbocycles. The van der Waals surface area contributed by atoms with E-state index in [0.29, 0.717) is 6.54 Å². The Bertz CT molecular complexity index is 592. The molecule has 5 heteroatoms. The molecule has 0 radical (unpaired) electrons. The van der Waals surface area contributed by atoms with Crippen molar-refractivity contribution >= 4 is 23.1 Å². The molecule has 1 heterocycles. The van der Waals surface area contributed by atoms with Crippen LogP contribution in [0.4, 0.5) is 10.5 Å². The molecule has 1 aromatic heterocycles. The van der Waals surface area contributed by atoms with Crippen molar-refractivity contribution in [3.63, 3.8) is 0 Å². The third-order valence-electron chi connectivity index (χ3n) is 2.86. The number of aromatic nitrogens is 1. The van der Waals surface area contributed by atoms with Gasteiger partial charge in [-0.2, -0.15) is 0 Å². The first-order valence-electron chi connectivity index (χ1n) is 6.08. The lowest BCUT2D eigenvalue weighted by atomic mass is 10.1. The fraction of sp³-hybridized carbons (Fsp3) is 0.286. The molecule has 0 aliphatic rings. The number of aryl methyl sites for hydroxylation is 3. The molecule has 4 nitrogen and oxygen atoms in total. The van der Waals surface area contributed by atoms with E-state index in [4.69, 9.17) is 0 Å². The average Bonchev–Trinajstić information content (AvgIpc) is 2.77. The maximum Gasteiger partial charge on any atom is 0.319 e. The Morgan fingerprint density at radius 3 is 2.68 bits per heavy atom. The molecule has 0 atom stereocenters. The lowest BCUT2D eigenvalue weighted by molar-refractivity contribution is 0.252. The maximum atomic E-state index is 11.8. The minimum Gasteiger partial charge on any atom is -0.333 e. The van der Waals surface area contributed by atoms with Gasteiger partial charge in [0.25, 0.3) is 0 Å². The highest BCUT2D eigenvalue weighted by Crippen LogP contribution is 2.14. The van der Waals surface area contributed by atoms with Gasteiger partial charge in [-0.15, -0.1) is 11.3 Å². The van der Waals surface area contributed by atoms with Crippen LogP contribution in [0.2, 0.25) is 0 Å². The normalized spacial score (nSPS) is 10.3. The summed E-state index contributed by atoms with van der Waals surface area (Å²) in [6.45, 7) is 6.52. The van der Waals surface area contributed by atoms with Gasteiger partial charge in [0, 0.05) is 16.8 Å². The summed E-state index contributed by atoms with van der Waals surface area (Å²) in [4.78, 5) is 16.9. The van der Waals surface area contributed by atoms with Gasteiger partial charge in [-0.25, -0.2) is 9.78 Å². The van der Waals surface area contributed by atoms with Gasteiger partial charge in [-0.3, -0.25) is 0 Å². The van der Waals surface area contributed by atoms with Crippen molar-refractivity contribution in [1.29, 1.82) is 0 Å². The zero-order chi connectivity index (χ0) is 13.8. The van der Waals surface area contributed by atoms with E-state index in [1.54, 1.807) is 17.5 Å². The summed E-state index contributed by atoms with van der Waals surface area (Å²) in [5.74, 6) is 0. The molecule has 0 bridgehead atoms. The molecule has 0 saturated heterocycles. The van der Waals surface area contributed by atoms with E-state index in [1.165, 1.54) is 5.56 Å². The van der Waals surface area contributed by atoms with E-state index in [0.717, 1.165) is 21.1 Å². The predicted octanol–water partition coefficient (Wildman–Crippen LogP) is 3.39. The van der Waals surface area contributed by atoms with E-state index in [1.807, 2.05) is 39.0 Å². The third kappa shape index (κ3) is 3.79. The monoisotopic (exact) mass is 275 g/mol. The fourth-order valence-electron chi connectivity index (χ4n) is 1.65. The van der Waals surface area contributed by atoms with E-state index in [9.17, 15) is 4.79 Å². The second-order valence-electron chi connectivity index (χ2n) is 4.45. The standard InChI is InChI=1S/C14H17N3OS/c1-9-4-5-12(6-10(9)2)17-14(18)16-8-13-7-15-11(3)19-13/h4-7H,8H2,1-3H3,(H2,16,17,18). The number of urea groups is 1. The number of benzene rings is 1. The van der Waals surface area contributed by atoms with Crippen LogP contribution in [0.3, 0.4) is 0 Å². The molecule has 0 unspecified atom stereocenters. The first-order chi connectivity index (χ1) is 9.04. The molecule has 2 aromatic rings.